The number of epoxide rings is 2. The first kappa shape index (κ1) is 16.4. The first-order valence-electron chi connectivity index (χ1n) is 8.05. The van der Waals surface area contributed by atoms with E-state index >= 15 is 0 Å². The van der Waals surface area contributed by atoms with E-state index in [0.29, 0.717) is 24.7 Å². The summed E-state index contributed by atoms with van der Waals surface area (Å²) in [6.07, 6.45) is 0.325. The summed E-state index contributed by atoms with van der Waals surface area (Å²) < 4.78 is 46.6. The molecule has 6 nitrogen and oxygen atoms in total. The third kappa shape index (κ3) is 4.12. The van der Waals surface area contributed by atoms with Crippen LogP contribution in [0.25, 0.3) is 0 Å². The molecule has 0 saturated carbocycles. The molecular weight excluding hydrogens is 344 g/mol. The van der Waals surface area contributed by atoms with E-state index in [9.17, 15) is 8.42 Å². The van der Waals surface area contributed by atoms with Crippen LogP contribution in [0, 0.1) is 0 Å². The molecule has 4 rings (SSSR count). The van der Waals surface area contributed by atoms with Crippen molar-refractivity contribution in [1.29, 1.82) is 0 Å². The van der Waals surface area contributed by atoms with Crippen molar-refractivity contribution in [2.45, 2.75) is 22.0 Å². The van der Waals surface area contributed by atoms with Gasteiger partial charge in [0.1, 0.15) is 36.9 Å². The van der Waals surface area contributed by atoms with Crippen LogP contribution in [0.3, 0.4) is 0 Å². The molecule has 2 fully saturated rings. The summed E-state index contributed by atoms with van der Waals surface area (Å²) in [5, 5.41) is 0. The SMILES string of the molecule is O=S(=O)(c1ccc(OC[C@H]2CO2)cc1)c1ccc(OC[C@H]2CO2)cc1. The molecule has 0 amide bonds. The second-order valence-electron chi connectivity index (χ2n) is 5.98. The standard InChI is InChI=1S/C18H18O6S/c19-25(20,17-5-1-13(2-6-17)21-9-15-11-23-15)18-7-3-14(4-8-18)22-10-16-12-24-16/h1-8,15-16H,9-12H2/t15-,16-/m0/s1. The number of benzene rings is 2. The van der Waals surface area contributed by atoms with Crippen molar-refractivity contribution >= 4 is 9.84 Å². The van der Waals surface area contributed by atoms with Crippen molar-refractivity contribution in [2.24, 2.45) is 0 Å². The minimum Gasteiger partial charge on any atom is -0.491 e. The Morgan fingerprint density at radius 3 is 1.44 bits per heavy atom. The molecule has 0 aromatic heterocycles. The Labute approximate surface area is 146 Å². The molecule has 0 aliphatic carbocycles. The number of hydrogen-bond acceptors (Lipinski definition) is 6. The highest BCUT2D eigenvalue weighted by Crippen LogP contribution is 2.25. The lowest BCUT2D eigenvalue weighted by molar-refractivity contribution is 0.263. The zero-order valence-electron chi connectivity index (χ0n) is 13.5. The van der Waals surface area contributed by atoms with Crippen molar-refractivity contribution in [3.63, 3.8) is 0 Å². The highest BCUT2D eigenvalue weighted by atomic mass is 32.2. The van der Waals surface area contributed by atoms with Crippen LogP contribution in [0.4, 0.5) is 0 Å². The van der Waals surface area contributed by atoms with E-state index in [2.05, 4.69) is 0 Å². The van der Waals surface area contributed by atoms with E-state index in [1.807, 2.05) is 0 Å². The third-order valence-electron chi connectivity index (χ3n) is 3.94. The summed E-state index contributed by atoms with van der Waals surface area (Å²) in [5.74, 6) is 1.25. The van der Waals surface area contributed by atoms with Crippen LogP contribution in [0.5, 0.6) is 11.5 Å². The second kappa shape index (κ2) is 6.67. The molecule has 2 aromatic rings. The summed E-state index contributed by atoms with van der Waals surface area (Å²) in [6, 6.07) is 12.8. The van der Waals surface area contributed by atoms with Gasteiger partial charge in [0.05, 0.1) is 23.0 Å². The van der Waals surface area contributed by atoms with E-state index < -0.39 is 9.84 Å². The normalized spacial score (nSPS) is 21.6. The van der Waals surface area contributed by atoms with Crippen molar-refractivity contribution in [2.75, 3.05) is 26.4 Å². The fraction of sp³-hybridized carbons (Fsp3) is 0.333. The summed E-state index contributed by atoms with van der Waals surface area (Å²) in [6.45, 7) is 2.42. The predicted molar refractivity (Wildman–Crippen MR) is 88.8 cm³/mol. The van der Waals surface area contributed by atoms with Crippen LogP contribution < -0.4 is 9.47 Å². The van der Waals surface area contributed by atoms with Gasteiger partial charge in [0.25, 0.3) is 0 Å². The summed E-state index contributed by atoms with van der Waals surface area (Å²) >= 11 is 0. The largest absolute Gasteiger partial charge is 0.491 e. The maximum atomic E-state index is 12.7. The third-order valence-corrected chi connectivity index (χ3v) is 5.73. The minimum absolute atomic E-state index is 0.163. The Morgan fingerprint density at radius 1 is 0.760 bits per heavy atom. The Hall–Kier alpha value is -2.09. The molecule has 0 N–H and O–H groups in total. The molecule has 2 heterocycles. The van der Waals surface area contributed by atoms with Gasteiger partial charge in [-0.1, -0.05) is 0 Å². The molecule has 0 unspecified atom stereocenters. The molecule has 2 aliphatic heterocycles. The molecule has 2 aliphatic rings. The highest BCUT2D eigenvalue weighted by molar-refractivity contribution is 7.91. The van der Waals surface area contributed by atoms with Crippen LogP contribution in [0.2, 0.25) is 0 Å². The van der Waals surface area contributed by atoms with Crippen molar-refractivity contribution in [3.8, 4) is 11.5 Å². The van der Waals surface area contributed by atoms with Gasteiger partial charge in [0.15, 0.2) is 0 Å². The van der Waals surface area contributed by atoms with Gasteiger partial charge < -0.3 is 18.9 Å². The van der Waals surface area contributed by atoms with E-state index in [-0.39, 0.29) is 22.0 Å². The molecule has 0 radical (unpaired) electrons. The zero-order chi connectivity index (χ0) is 17.3. The van der Waals surface area contributed by atoms with E-state index in [1.54, 1.807) is 48.5 Å². The molecule has 0 spiro atoms. The number of ether oxygens (including phenoxy) is 4. The molecule has 0 bridgehead atoms. The lowest BCUT2D eigenvalue weighted by Gasteiger charge is -2.08. The lowest BCUT2D eigenvalue weighted by atomic mass is 10.3. The predicted octanol–water partition coefficient (Wildman–Crippen LogP) is 2.07. The molecule has 25 heavy (non-hydrogen) atoms. The van der Waals surface area contributed by atoms with Gasteiger partial charge >= 0.3 is 0 Å². The van der Waals surface area contributed by atoms with Crippen LogP contribution in [0.1, 0.15) is 0 Å². The Bertz CT molecular complexity index is 755. The van der Waals surface area contributed by atoms with Gasteiger partial charge in [-0.05, 0) is 48.5 Å². The molecule has 7 heteroatoms. The number of rotatable bonds is 8. The lowest BCUT2D eigenvalue weighted by Crippen LogP contribution is -2.06. The van der Waals surface area contributed by atoms with Gasteiger partial charge in [-0.2, -0.15) is 0 Å². The van der Waals surface area contributed by atoms with Crippen molar-refractivity contribution < 1.29 is 27.4 Å². The summed E-state index contributed by atoms with van der Waals surface area (Å²) in [5.41, 5.74) is 0. The summed E-state index contributed by atoms with van der Waals surface area (Å²) in [7, 11) is -3.57. The average molecular weight is 362 g/mol. The maximum absolute atomic E-state index is 12.7. The molecule has 2 saturated heterocycles. The monoisotopic (exact) mass is 362 g/mol. The quantitative estimate of drug-likeness (QED) is 0.669. The Kier molecular flexibility index (Phi) is 4.37. The van der Waals surface area contributed by atoms with Crippen molar-refractivity contribution in [1.82, 2.24) is 0 Å². The average Bonchev–Trinajstić information content (AvgIpc) is 3.54. The first-order valence-corrected chi connectivity index (χ1v) is 9.53. The molecule has 132 valence electrons. The number of sulfone groups is 1. The molecule has 2 aromatic carbocycles. The topological polar surface area (TPSA) is 77.7 Å². The van der Waals surface area contributed by atoms with Crippen molar-refractivity contribution in [3.05, 3.63) is 48.5 Å². The van der Waals surface area contributed by atoms with Gasteiger partial charge in [0, 0.05) is 0 Å². The van der Waals surface area contributed by atoms with E-state index in [4.69, 9.17) is 18.9 Å². The van der Waals surface area contributed by atoms with Gasteiger partial charge in [0.2, 0.25) is 9.84 Å². The van der Waals surface area contributed by atoms with Gasteiger partial charge in [-0.3, -0.25) is 0 Å². The van der Waals surface area contributed by atoms with E-state index in [1.165, 1.54) is 0 Å². The fourth-order valence-corrected chi connectivity index (χ4v) is 3.53. The van der Waals surface area contributed by atoms with Gasteiger partial charge in [-0.25, -0.2) is 8.42 Å². The summed E-state index contributed by atoms with van der Waals surface area (Å²) in [4.78, 5) is 0.449. The van der Waals surface area contributed by atoms with Crippen LogP contribution >= 0.6 is 0 Å². The smallest absolute Gasteiger partial charge is 0.206 e. The van der Waals surface area contributed by atoms with Crippen LogP contribution in [0.15, 0.2) is 58.3 Å². The highest BCUT2D eigenvalue weighted by Gasteiger charge is 2.24. The second-order valence-corrected chi connectivity index (χ2v) is 7.93. The number of hydrogen-bond donors (Lipinski definition) is 0. The van der Waals surface area contributed by atoms with Gasteiger partial charge in [-0.15, -0.1) is 0 Å². The first-order chi connectivity index (χ1) is 12.1. The Morgan fingerprint density at radius 2 is 1.12 bits per heavy atom. The molecule has 2 atom stereocenters. The van der Waals surface area contributed by atoms with Crippen LogP contribution in [-0.4, -0.2) is 47.1 Å². The zero-order valence-corrected chi connectivity index (χ0v) is 14.3. The molecular formula is C18H18O6S. The minimum atomic E-state index is -3.57. The Balaban J connectivity index is 1.43. The fourth-order valence-electron chi connectivity index (χ4n) is 2.27. The van der Waals surface area contributed by atoms with E-state index in [0.717, 1.165) is 13.2 Å². The maximum Gasteiger partial charge on any atom is 0.206 e. The van der Waals surface area contributed by atoms with Crippen LogP contribution in [-0.2, 0) is 19.3 Å².